The Balaban J connectivity index is 2.27. The molecule has 0 fully saturated rings. The molecule has 1 aromatic carbocycles. The van der Waals surface area contributed by atoms with Crippen molar-refractivity contribution in [2.75, 3.05) is 6.54 Å². The summed E-state index contributed by atoms with van der Waals surface area (Å²) in [5, 5.41) is 3.23. The summed E-state index contributed by atoms with van der Waals surface area (Å²) in [5.74, 6) is -3.13. The summed E-state index contributed by atoms with van der Waals surface area (Å²) < 4.78 is 45.3. The van der Waals surface area contributed by atoms with Crippen LogP contribution < -0.4 is 5.32 Å². The molecule has 0 saturated heterocycles. The molecular formula is C15H16F3NO. The van der Waals surface area contributed by atoms with Crippen LogP contribution >= 0.6 is 0 Å². The Morgan fingerprint density at radius 1 is 1.10 bits per heavy atom. The fraction of sp³-hybridized carbons (Fsp3) is 0.333. The van der Waals surface area contributed by atoms with E-state index < -0.39 is 17.5 Å². The van der Waals surface area contributed by atoms with Gasteiger partial charge in [-0.3, -0.25) is 0 Å². The van der Waals surface area contributed by atoms with E-state index in [1.54, 1.807) is 12.1 Å². The van der Waals surface area contributed by atoms with Crippen LogP contribution in [0, 0.1) is 17.5 Å². The van der Waals surface area contributed by atoms with Gasteiger partial charge in [0, 0.05) is 0 Å². The van der Waals surface area contributed by atoms with Crippen molar-refractivity contribution in [1.82, 2.24) is 5.32 Å². The van der Waals surface area contributed by atoms with E-state index in [0.717, 1.165) is 19.0 Å². The summed E-state index contributed by atoms with van der Waals surface area (Å²) in [7, 11) is 0. The first-order valence-electron chi connectivity index (χ1n) is 6.51. The van der Waals surface area contributed by atoms with Gasteiger partial charge in [0.2, 0.25) is 0 Å². The summed E-state index contributed by atoms with van der Waals surface area (Å²) in [5.41, 5.74) is -0.0853. The second-order valence-corrected chi connectivity index (χ2v) is 4.60. The molecule has 2 rings (SSSR count). The first-order valence-corrected chi connectivity index (χ1v) is 6.51. The lowest BCUT2D eigenvalue weighted by Gasteiger charge is -2.10. The average molecular weight is 283 g/mol. The zero-order valence-corrected chi connectivity index (χ0v) is 11.3. The molecule has 0 aliphatic rings. The van der Waals surface area contributed by atoms with Crippen molar-refractivity contribution in [2.45, 2.75) is 26.3 Å². The summed E-state index contributed by atoms with van der Waals surface area (Å²) in [6, 6.07) is 5.27. The molecule has 1 unspecified atom stereocenters. The zero-order valence-electron chi connectivity index (χ0n) is 11.3. The van der Waals surface area contributed by atoms with E-state index in [-0.39, 0.29) is 17.4 Å². The summed E-state index contributed by atoms with van der Waals surface area (Å²) in [6.07, 6.45) is 0.982. The van der Waals surface area contributed by atoms with Crippen LogP contribution in [0.3, 0.4) is 0 Å². The van der Waals surface area contributed by atoms with E-state index in [4.69, 9.17) is 4.42 Å². The Morgan fingerprint density at radius 3 is 2.55 bits per heavy atom. The predicted octanol–water partition coefficient (Wildman–Crippen LogP) is 4.42. The summed E-state index contributed by atoms with van der Waals surface area (Å²) in [6.45, 7) is 4.79. The minimum absolute atomic E-state index is 0.0305. The smallest absolute Gasteiger partial charge is 0.195 e. The van der Waals surface area contributed by atoms with Gasteiger partial charge in [-0.2, -0.15) is 0 Å². The third-order valence-corrected chi connectivity index (χ3v) is 3.05. The van der Waals surface area contributed by atoms with Gasteiger partial charge in [0.05, 0.1) is 11.6 Å². The maximum atomic E-state index is 13.7. The second-order valence-electron chi connectivity index (χ2n) is 4.60. The van der Waals surface area contributed by atoms with Gasteiger partial charge in [0.25, 0.3) is 0 Å². The van der Waals surface area contributed by atoms with Crippen molar-refractivity contribution in [2.24, 2.45) is 0 Å². The molecule has 2 aromatic rings. The SMILES string of the molecule is CCCNC(C)c1ccc(-c2ccc(F)c(F)c2F)o1. The molecule has 5 heteroatoms. The van der Waals surface area contributed by atoms with Crippen LogP contribution in [0.2, 0.25) is 0 Å². The fourth-order valence-electron chi connectivity index (χ4n) is 1.91. The van der Waals surface area contributed by atoms with Gasteiger partial charge in [-0.25, -0.2) is 13.2 Å². The molecular weight excluding hydrogens is 267 g/mol. The largest absolute Gasteiger partial charge is 0.459 e. The number of hydrogen-bond acceptors (Lipinski definition) is 2. The second kappa shape index (κ2) is 6.13. The van der Waals surface area contributed by atoms with Gasteiger partial charge in [0.1, 0.15) is 11.5 Å². The molecule has 0 bridgehead atoms. The Hall–Kier alpha value is -1.75. The van der Waals surface area contributed by atoms with E-state index in [0.29, 0.717) is 5.76 Å². The van der Waals surface area contributed by atoms with Crippen molar-refractivity contribution in [1.29, 1.82) is 0 Å². The van der Waals surface area contributed by atoms with Crippen LogP contribution in [-0.2, 0) is 0 Å². The Labute approximate surface area is 115 Å². The molecule has 0 spiro atoms. The molecule has 1 atom stereocenters. The first-order chi connectivity index (χ1) is 9.54. The van der Waals surface area contributed by atoms with Gasteiger partial charge >= 0.3 is 0 Å². The highest BCUT2D eigenvalue weighted by Crippen LogP contribution is 2.29. The number of furan rings is 1. The standard InChI is InChI=1S/C15H16F3NO/c1-3-8-19-9(2)12-6-7-13(20-12)10-4-5-11(16)15(18)14(10)17/h4-7,9,19H,3,8H2,1-2H3. The lowest BCUT2D eigenvalue weighted by Crippen LogP contribution is -2.18. The predicted molar refractivity (Wildman–Crippen MR) is 70.7 cm³/mol. The topological polar surface area (TPSA) is 25.2 Å². The minimum atomic E-state index is -1.49. The first kappa shape index (κ1) is 14.7. The highest BCUT2D eigenvalue weighted by molar-refractivity contribution is 5.58. The molecule has 2 nitrogen and oxygen atoms in total. The molecule has 0 amide bonds. The maximum Gasteiger partial charge on any atom is 0.195 e. The van der Waals surface area contributed by atoms with Gasteiger partial charge in [-0.15, -0.1) is 0 Å². The normalized spacial score (nSPS) is 12.7. The van der Waals surface area contributed by atoms with E-state index in [1.807, 2.05) is 13.8 Å². The molecule has 1 aromatic heterocycles. The lowest BCUT2D eigenvalue weighted by atomic mass is 10.1. The zero-order chi connectivity index (χ0) is 14.7. The molecule has 0 radical (unpaired) electrons. The van der Waals surface area contributed by atoms with Crippen LogP contribution in [0.25, 0.3) is 11.3 Å². The fourth-order valence-corrected chi connectivity index (χ4v) is 1.91. The Bertz CT molecular complexity index is 595. The third-order valence-electron chi connectivity index (χ3n) is 3.05. The van der Waals surface area contributed by atoms with Crippen molar-refractivity contribution in [3.63, 3.8) is 0 Å². The van der Waals surface area contributed by atoms with Gasteiger partial charge in [0.15, 0.2) is 17.5 Å². The highest BCUT2D eigenvalue weighted by atomic mass is 19.2. The Kier molecular flexibility index (Phi) is 4.49. The van der Waals surface area contributed by atoms with Gasteiger partial charge < -0.3 is 9.73 Å². The van der Waals surface area contributed by atoms with Crippen molar-refractivity contribution >= 4 is 0 Å². The highest BCUT2D eigenvalue weighted by Gasteiger charge is 2.18. The molecule has 108 valence electrons. The van der Waals surface area contributed by atoms with Crippen LogP contribution in [-0.4, -0.2) is 6.54 Å². The Morgan fingerprint density at radius 2 is 1.85 bits per heavy atom. The van der Waals surface area contributed by atoms with Crippen LogP contribution in [0.4, 0.5) is 13.2 Å². The summed E-state index contributed by atoms with van der Waals surface area (Å²) in [4.78, 5) is 0. The molecule has 0 saturated carbocycles. The number of halogens is 3. The minimum Gasteiger partial charge on any atom is -0.459 e. The maximum absolute atomic E-state index is 13.7. The molecule has 20 heavy (non-hydrogen) atoms. The molecule has 1 heterocycles. The number of benzene rings is 1. The van der Waals surface area contributed by atoms with E-state index in [2.05, 4.69) is 5.32 Å². The van der Waals surface area contributed by atoms with Gasteiger partial charge in [-0.1, -0.05) is 6.92 Å². The van der Waals surface area contributed by atoms with E-state index in [1.165, 1.54) is 6.07 Å². The van der Waals surface area contributed by atoms with Crippen molar-refractivity contribution in [3.8, 4) is 11.3 Å². The lowest BCUT2D eigenvalue weighted by molar-refractivity contribution is 0.429. The number of rotatable bonds is 5. The molecule has 0 aliphatic heterocycles. The quantitative estimate of drug-likeness (QED) is 0.821. The van der Waals surface area contributed by atoms with Crippen LogP contribution in [0.15, 0.2) is 28.7 Å². The molecule has 0 aliphatic carbocycles. The average Bonchev–Trinajstić information content (AvgIpc) is 2.92. The number of nitrogens with one attached hydrogen (secondary N) is 1. The third kappa shape index (κ3) is 2.88. The van der Waals surface area contributed by atoms with E-state index in [9.17, 15) is 13.2 Å². The van der Waals surface area contributed by atoms with Crippen LogP contribution in [0.1, 0.15) is 32.1 Å². The van der Waals surface area contributed by atoms with E-state index >= 15 is 0 Å². The monoisotopic (exact) mass is 283 g/mol. The van der Waals surface area contributed by atoms with Crippen molar-refractivity contribution < 1.29 is 17.6 Å². The molecule has 1 N–H and O–H groups in total. The van der Waals surface area contributed by atoms with Crippen LogP contribution in [0.5, 0.6) is 0 Å². The summed E-state index contributed by atoms with van der Waals surface area (Å²) >= 11 is 0. The van der Waals surface area contributed by atoms with Crippen molar-refractivity contribution in [3.05, 3.63) is 47.5 Å². The number of hydrogen-bond donors (Lipinski definition) is 1. The van der Waals surface area contributed by atoms with Gasteiger partial charge in [-0.05, 0) is 44.2 Å².